The summed E-state index contributed by atoms with van der Waals surface area (Å²) in [6.45, 7) is 2.03. The van der Waals surface area contributed by atoms with Crippen LogP contribution >= 0.6 is 0 Å². The summed E-state index contributed by atoms with van der Waals surface area (Å²) < 4.78 is 18.1. The van der Waals surface area contributed by atoms with Gasteiger partial charge < -0.3 is 20.3 Å². The second-order valence-electron chi connectivity index (χ2n) is 4.51. The van der Waals surface area contributed by atoms with Crippen molar-refractivity contribution in [3.63, 3.8) is 0 Å². The molecule has 1 rings (SSSR count). The number of halogens is 1. The van der Waals surface area contributed by atoms with Crippen LogP contribution in [-0.2, 0) is 9.59 Å². The van der Waals surface area contributed by atoms with E-state index in [2.05, 4.69) is 5.32 Å². The SMILES string of the molecule is CC(Oc1cccc(F)c1)C(=O)NCC(C)(O)C(=O)O. The van der Waals surface area contributed by atoms with Gasteiger partial charge >= 0.3 is 5.97 Å². The van der Waals surface area contributed by atoms with Crippen LogP contribution < -0.4 is 10.1 Å². The minimum atomic E-state index is -2.06. The number of ether oxygens (including phenoxy) is 1. The Morgan fingerprint density at radius 3 is 2.70 bits per heavy atom. The van der Waals surface area contributed by atoms with Crippen LogP contribution in [0.15, 0.2) is 24.3 Å². The summed E-state index contributed by atoms with van der Waals surface area (Å²) in [5.41, 5.74) is -2.06. The lowest BCUT2D eigenvalue weighted by Gasteiger charge is -2.20. The molecule has 6 nitrogen and oxygen atoms in total. The highest BCUT2D eigenvalue weighted by atomic mass is 19.1. The van der Waals surface area contributed by atoms with E-state index in [0.29, 0.717) is 0 Å². The lowest BCUT2D eigenvalue weighted by molar-refractivity contribution is -0.156. The Labute approximate surface area is 115 Å². The first-order valence-electron chi connectivity index (χ1n) is 5.88. The van der Waals surface area contributed by atoms with E-state index in [1.165, 1.54) is 25.1 Å². The zero-order valence-electron chi connectivity index (χ0n) is 11.1. The molecule has 0 spiro atoms. The van der Waals surface area contributed by atoms with E-state index in [4.69, 9.17) is 9.84 Å². The molecule has 3 N–H and O–H groups in total. The fraction of sp³-hybridized carbons (Fsp3) is 0.385. The predicted octanol–water partition coefficient (Wildman–Crippen LogP) is 0.545. The van der Waals surface area contributed by atoms with Gasteiger partial charge in [-0.05, 0) is 26.0 Å². The summed E-state index contributed by atoms with van der Waals surface area (Å²) in [5.74, 6) is -2.38. The number of rotatable bonds is 6. The Balaban J connectivity index is 2.54. The van der Waals surface area contributed by atoms with E-state index in [-0.39, 0.29) is 5.75 Å². The van der Waals surface area contributed by atoms with Crippen LogP contribution in [0.25, 0.3) is 0 Å². The van der Waals surface area contributed by atoms with E-state index in [9.17, 15) is 19.1 Å². The summed E-state index contributed by atoms with van der Waals surface area (Å²) in [6.07, 6.45) is -0.957. The normalized spacial score (nSPS) is 15.0. The maximum atomic E-state index is 12.9. The van der Waals surface area contributed by atoms with Gasteiger partial charge in [0, 0.05) is 6.07 Å². The molecule has 0 saturated carbocycles. The van der Waals surface area contributed by atoms with Gasteiger partial charge in [-0.2, -0.15) is 0 Å². The summed E-state index contributed by atoms with van der Waals surface area (Å²) in [5, 5.41) is 20.4. The quantitative estimate of drug-likeness (QED) is 0.709. The number of carboxylic acids is 1. The van der Waals surface area contributed by atoms with Crippen molar-refractivity contribution in [3.8, 4) is 5.75 Å². The predicted molar refractivity (Wildman–Crippen MR) is 67.8 cm³/mol. The Morgan fingerprint density at radius 2 is 2.15 bits per heavy atom. The van der Waals surface area contributed by atoms with Crippen molar-refractivity contribution in [2.24, 2.45) is 0 Å². The Kier molecular flexibility index (Phi) is 5.04. The second kappa shape index (κ2) is 6.33. The smallest absolute Gasteiger partial charge is 0.337 e. The number of aliphatic hydroxyl groups is 1. The third-order valence-electron chi connectivity index (χ3n) is 2.55. The van der Waals surface area contributed by atoms with Crippen LogP contribution in [-0.4, -0.2) is 40.3 Å². The first kappa shape index (κ1) is 15.9. The van der Waals surface area contributed by atoms with Gasteiger partial charge in [0.1, 0.15) is 11.6 Å². The third kappa shape index (κ3) is 4.51. The number of carboxylic acid groups (broad SMARTS) is 1. The zero-order chi connectivity index (χ0) is 15.3. The van der Waals surface area contributed by atoms with Gasteiger partial charge in [-0.15, -0.1) is 0 Å². The minimum absolute atomic E-state index is 0.178. The first-order chi connectivity index (χ1) is 9.22. The number of hydrogen-bond donors (Lipinski definition) is 3. The number of carbonyl (C=O) groups is 2. The van der Waals surface area contributed by atoms with E-state index in [1.54, 1.807) is 0 Å². The molecule has 2 atom stereocenters. The van der Waals surface area contributed by atoms with Gasteiger partial charge in [0.15, 0.2) is 11.7 Å². The van der Waals surface area contributed by atoms with Gasteiger partial charge in [0.25, 0.3) is 5.91 Å². The summed E-state index contributed by atoms with van der Waals surface area (Å²) in [6, 6.07) is 5.28. The largest absolute Gasteiger partial charge is 0.481 e. The van der Waals surface area contributed by atoms with Crippen LogP contribution in [0, 0.1) is 5.82 Å². The monoisotopic (exact) mass is 285 g/mol. The molecule has 2 unspecified atom stereocenters. The molecular formula is C13H16FNO5. The fourth-order valence-corrected chi connectivity index (χ4v) is 1.28. The standard InChI is InChI=1S/C13H16FNO5/c1-8(20-10-5-3-4-9(14)6-10)11(16)15-7-13(2,19)12(17)18/h3-6,8,19H,7H2,1-2H3,(H,15,16)(H,17,18). The van der Waals surface area contributed by atoms with Crippen molar-refractivity contribution in [2.75, 3.05) is 6.54 Å². The summed E-state index contributed by atoms with van der Waals surface area (Å²) in [7, 11) is 0. The Bertz CT molecular complexity index is 503. The molecule has 7 heteroatoms. The fourth-order valence-electron chi connectivity index (χ4n) is 1.28. The molecule has 20 heavy (non-hydrogen) atoms. The van der Waals surface area contributed by atoms with Gasteiger partial charge in [-0.1, -0.05) is 6.07 Å². The number of hydrogen-bond acceptors (Lipinski definition) is 4. The number of benzene rings is 1. The summed E-state index contributed by atoms with van der Waals surface area (Å²) in [4.78, 5) is 22.3. The van der Waals surface area contributed by atoms with E-state index < -0.39 is 35.9 Å². The first-order valence-corrected chi connectivity index (χ1v) is 5.88. The van der Waals surface area contributed by atoms with Crippen molar-refractivity contribution < 1.29 is 28.9 Å². The molecule has 1 amide bonds. The minimum Gasteiger partial charge on any atom is -0.481 e. The highest BCUT2D eigenvalue weighted by molar-refractivity contribution is 5.82. The molecular weight excluding hydrogens is 269 g/mol. The molecule has 1 aromatic carbocycles. The van der Waals surface area contributed by atoms with E-state index in [1.807, 2.05) is 0 Å². The molecule has 0 heterocycles. The van der Waals surface area contributed by atoms with Crippen LogP contribution in [0.4, 0.5) is 4.39 Å². The lowest BCUT2D eigenvalue weighted by atomic mass is 10.1. The molecule has 0 aliphatic heterocycles. The number of amides is 1. The van der Waals surface area contributed by atoms with Crippen molar-refractivity contribution in [1.29, 1.82) is 0 Å². The summed E-state index contributed by atoms with van der Waals surface area (Å²) >= 11 is 0. The molecule has 0 aliphatic carbocycles. The zero-order valence-corrected chi connectivity index (χ0v) is 11.1. The topological polar surface area (TPSA) is 95.9 Å². The van der Waals surface area contributed by atoms with Gasteiger partial charge in [-0.25, -0.2) is 9.18 Å². The van der Waals surface area contributed by atoms with Gasteiger partial charge in [-0.3, -0.25) is 4.79 Å². The van der Waals surface area contributed by atoms with Gasteiger partial charge in [0.05, 0.1) is 6.54 Å². The van der Waals surface area contributed by atoms with Crippen molar-refractivity contribution >= 4 is 11.9 Å². The van der Waals surface area contributed by atoms with Crippen molar-refractivity contribution in [2.45, 2.75) is 25.6 Å². The Hall–Kier alpha value is -2.15. The van der Waals surface area contributed by atoms with Crippen LogP contribution in [0.2, 0.25) is 0 Å². The average molecular weight is 285 g/mol. The highest BCUT2D eigenvalue weighted by Crippen LogP contribution is 2.13. The number of carbonyl (C=O) groups excluding carboxylic acids is 1. The third-order valence-corrected chi connectivity index (χ3v) is 2.55. The molecule has 1 aromatic rings. The molecule has 0 fully saturated rings. The molecule has 0 bridgehead atoms. The molecule has 110 valence electrons. The Morgan fingerprint density at radius 1 is 1.50 bits per heavy atom. The maximum Gasteiger partial charge on any atom is 0.337 e. The molecule has 0 aromatic heterocycles. The molecule has 0 radical (unpaired) electrons. The van der Waals surface area contributed by atoms with Crippen LogP contribution in [0.5, 0.6) is 5.75 Å². The molecule has 0 aliphatic rings. The second-order valence-corrected chi connectivity index (χ2v) is 4.51. The number of aliphatic carboxylic acids is 1. The van der Waals surface area contributed by atoms with E-state index >= 15 is 0 Å². The number of nitrogens with one attached hydrogen (secondary N) is 1. The van der Waals surface area contributed by atoms with Crippen LogP contribution in [0.3, 0.4) is 0 Å². The lowest BCUT2D eigenvalue weighted by Crippen LogP contribution is -2.49. The van der Waals surface area contributed by atoms with Gasteiger partial charge in [0.2, 0.25) is 0 Å². The average Bonchev–Trinajstić information content (AvgIpc) is 2.35. The highest BCUT2D eigenvalue weighted by Gasteiger charge is 2.31. The van der Waals surface area contributed by atoms with Crippen molar-refractivity contribution in [1.82, 2.24) is 5.32 Å². The molecule has 0 saturated heterocycles. The van der Waals surface area contributed by atoms with Crippen LogP contribution in [0.1, 0.15) is 13.8 Å². The maximum absolute atomic E-state index is 12.9. The van der Waals surface area contributed by atoms with E-state index in [0.717, 1.165) is 13.0 Å². The van der Waals surface area contributed by atoms with Crippen molar-refractivity contribution in [3.05, 3.63) is 30.1 Å².